The molecule has 0 saturated heterocycles. The molecule has 25 heavy (non-hydrogen) atoms. The van der Waals surface area contributed by atoms with E-state index in [1.165, 1.54) is 10.6 Å². The van der Waals surface area contributed by atoms with Crippen molar-refractivity contribution < 1.29 is 14.1 Å². The number of hydrogen-bond acceptors (Lipinski definition) is 6. The van der Waals surface area contributed by atoms with Crippen molar-refractivity contribution in [3.05, 3.63) is 35.2 Å². The molecule has 0 aliphatic carbocycles. The molecule has 1 aliphatic rings. The third-order valence-electron chi connectivity index (χ3n) is 4.52. The van der Waals surface area contributed by atoms with Crippen molar-refractivity contribution in [2.24, 2.45) is 7.05 Å². The summed E-state index contributed by atoms with van der Waals surface area (Å²) in [5.74, 6) is 0.769. The van der Waals surface area contributed by atoms with Gasteiger partial charge in [0.2, 0.25) is 5.91 Å². The van der Waals surface area contributed by atoms with Crippen LogP contribution in [0.4, 0.5) is 0 Å². The topological polar surface area (TPSA) is 76.6 Å². The van der Waals surface area contributed by atoms with Gasteiger partial charge in [-0.15, -0.1) is 0 Å². The van der Waals surface area contributed by atoms with Crippen LogP contribution in [0.2, 0.25) is 0 Å². The molecule has 3 heterocycles. The summed E-state index contributed by atoms with van der Waals surface area (Å²) in [7, 11) is 5.47. The van der Waals surface area contributed by atoms with Crippen LogP contribution in [0.3, 0.4) is 0 Å². The fourth-order valence-electron chi connectivity index (χ4n) is 3.03. The van der Waals surface area contributed by atoms with Crippen LogP contribution in [0.1, 0.15) is 22.8 Å². The Morgan fingerprint density at radius 1 is 1.48 bits per heavy atom. The van der Waals surface area contributed by atoms with Crippen LogP contribution < -0.4 is 0 Å². The number of aromatic nitrogens is 3. The van der Waals surface area contributed by atoms with E-state index in [0.717, 1.165) is 30.1 Å². The average molecular weight is 347 g/mol. The first kappa shape index (κ1) is 17.6. The van der Waals surface area contributed by atoms with Crippen molar-refractivity contribution in [1.29, 1.82) is 0 Å². The number of nitrogens with zero attached hydrogens (tertiary/aromatic N) is 5. The molecule has 0 N–H and O–H groups in total. The minimum Gasteiger partial charge on any atom is -0.370 e. The van der Waals surface area contributed by atoms with Gasteiger partial charge in [0.05, 0.1) is 24.3 Å². The maximum atomic E-state index is 11.7. The molecule has 2 aromatic rings. The fourth-order valence-corrected chi connectivity index (χ4v) is 3.03. The van der Waals surface area contributed by atoms with Crippen molar-refractivity contribution in [2.75, 3.05) is 27.3 Å². The van der Waals surface area contributed by atoms with Gasteiger partial charge in [-0.25, -0.2) is 4.98 Å². The second kappa shape index (κ2) is 7.37. The summed E-state index contributed by atoms with van der Waals surface area (Å²) in [5.41, 5.74) is 3.20. The second-order valence-electron chi connectivity index (χ2n) is 6.74. The minimum absolute atomic E-state index is 0.0318. The van der Waals surface area contributed by atoms with Crippen LogP contribution in [-0.2, 0) is 36.1 Å². The Morgan fingerprint density at radius 3 is 2.96 bits per heavy atom. The number of aryl methyl sites for hydroxylation is 2. The molecule has 0 radical (unpaired) electrons. The van der Waals surface area contributed by atoms with Crippen molar-refractivity contribution in [3.8, 4) is 0 Å². The van der Waals surface area contributed by atoms with Crippen LogP contribution in [0, 0.1) is 6.92 Å². The molecule has 0 bridgehead atoms. The SMILES string of the molecule is Cc1cc(CN2Cc3ncn(C)c3C[C@@H]2COCC(=O)N(C)C)no1. The number of likely N-dealkylation sites (N-methyl/N-ethyl adjacent to an activating group) is 1. The Kier molecular flexibility index (Phi) is 5.19. The van der Waals surface area contributed by atoms with Gasteiger partial charge in [-0.3, -0.25) is 9.69 Å². The quantitative estimate of drug-likeness (QED) is 0.767. The van der Waals surface area contributed by atoms with Crippen LogP contribution in [0.25, 0.3) is 0 Å². The Morgan fingerprint density at radius 2 is 2.28 bits per heavy atom. The van der Waals surface area contributed by atoms with Gasteiger partial charge < -0.3 is 18.7 Å². The van der Waals surface area contributed by atoms with Crippen LogP contribution in [0.5, 0.6) is 0 Å². The molecule has 8 heteroatoms. The summed E-state index contributed by atoms with van der Waals surface area (Å²) in [4.78, 5) is 20.0. The molecule has 0 unspecified atom stereocenters. The van der Waals surface area contributed by atoms with Gasteiger partial charge in [-0.2, -0.15) is 0 Å². The molecule has 0 aromatic carbocycles. The zero-order chi connectivity index (χ0) is 18.0. The van der Waals surface area contributed by atoms with E-state index in [2.05, 4.69) is 19.6 Å². The number of amides is 1. The Bertz CT molecular complexity index is 736. The zero-order valence-corrected chi connectivity index (χ0v) is 15.2. The number of carbonyl (C=O) groups excluding carboxylic acids is 1. The molecule has 8 nitrogen and oxygen atoms in total. The Labute approximate surface area is 147 Å². The van der Waals surface area contributed by atoms with E-state index in [0.29, 0.717) is 13.2 Å². The first-order valence-electron chi connectivity index (χ1n) is 8.37. The van der Waals surface area contributed by atoms with E-state index < -0.39 is 0 Å². The molecule has 0 fully saturated rings. The number of imidazole rings is 1. The third-order valence-corrected chi connectivity index (χ3v) is 4.52. The highest BCUT2D eigenvalue weighted by molar-refractivity contribution is 5.76. The highest BCUT2D eigenvalue weighted by atomic mass is 16.5. The predicted octanol–water partition coefficient (Wildman–Crippen LogP) is 0.748. The van der Waals surface area contributed by atoms with Crippen LogP contribution >= 0.6 is 0 Å². The van der Waals surface area contributed by atoms with Crippen LogP contribution in [0.15, 0.2) is 16.9 Å². The zero-order valence-electron chi connectivity index (χ0n) is 15.2. The maximum Gasteiger partial charge on any atom is 0.248 e. The summed E-state index contributed by atoms with van der Waals surface area (Å²) in [5, 5.41) is 4.09. The van der Waals surface area contributed by atoms with Crippen molar-refractivity contribution in [1.82, 2.24) is 24.5 Å². The maximum absolute atomic E-state index is 11.7. The standard InChI is InChI=1S/C17H25N5O3/c1-12-5-13(19-25-12)7-22-8-15-16(21(4)11-18-15)6-14(22)9-24-10-17(23)20(2)3/h5,11,14H,6-10H2,1-4H3/t14-/m1/s1. The minimum atomic E-state index is -0.0318. The van der Waals surface area contributed by atoms with E-state index in [1.807, 2.05) is 26.4 Å². The smallest absolute Gasteiger partial charge is 0.248 e. The molecule has 3 rings (SSSR count). The monoisotopic (exact) mass is 347 g/mol. The van der Waals surface area contributed by atoms with Gasteiger partial charge in [-0.1, -0.05) is 5.16 Å². The van der Waals surface area contributed by atoms with Gasteiger partial charge in [-0.05, 0) is 6.92 Å². The van der Waals surface area contributed by atoms with E-state index in [-0.39, 0.29) is 18.6 Å². The third kappa shape index (κ3) is 4.08. The van der Waals surface area contributed by atoms with Gasteiger partial charge in [0, 0.05) is 58.5 Å². The molecule has 0 spiro atoms. The summed E-state index contributed by atoms with van der Waals surface area (Å²) < 4.78 is 12.9. The number of fused-ring (bicyclic) bond motifs is 1. The summed E-state index contributed by atoms with van der Waals surface area (Å²) in [6.07, 6.45) is 2.68. The fraction of sp³-hybridized carbons (Fsp3) is 0.588. The summed E-state index contributed by atoms with van der Waals surface area (Å²) >= 11 is 0. The lowest BCUT2D eigenvalue weighted by atomic mass is 10.0. The Balaban J connectivity index is 1.69. The molecule has 0 saturated carbocycles. The first-order valence-corrected chi connectivity index (χ1v) is 8.37. The average Bonchev–Trinajstić information content (AvgIpc) is 3.13. The van der Waals surface area contributed by atoms with Crippen molar-refractivity contribution in [3.63, 3.8) is 0 Å². The number of carbonyl (C=O) groups is 1. The molecular formula is C17H25N5O3. The van der Waals surface area contributed by atoms with Crippen LogP contribution in [-0.4, -0.2) is 63.8 Å². The van der Waals surface area contributed by atoms with E-state index in [1.54, 1.807) is 14.1 Å². The molecule has 136 valence electrons. The largest absolute Gasteiger partial charge is 0.370 e. The highest BCUT2D eigenvalue weighted by Crippen LogP contribution is 2.24. The van der Waals surface area contributed by atoms with Gasteiger partial charge in [0.25, 0.3) is 0 Å². The predicted molar refractivity (Wildman–Crippen MR) is 90.7 cm³/mol. The lowest BCUT2D eigenvalue weighted by Gasteiger charge is -2.34. The Hall–Kier alpha value is -2.19. The molecular weight excluding hydrogens is 322 g/mol. The molecule has 1 aliphatic heterocycles. The van der Waals surface area contributed by atoms with Crippen molar-refractivity contribution in [2.45, 2.75) is 32.5 Å². The van der Waals surface area contributed by atoms with E-state index >= 15 is 0 Å². The molecule has 2 aromatic heterocycles. The number of ether oxygens (including phenoxy) is 1. The van der Waals surface area contributed by atoms with Gasteiger partial charge in [0.1, 0.15) is 12.4 Å². The molecule has 1 amide bonds. The van der Waals surface area contributed by atoms with Gasteiger partial charge in [0.15, 0.2) is 0 Å². The van der Waals surface area contributed by atoms with Gasteiger partial charge >= 0.3 is 0 Å². The number of rotatable bonds is 6. The van der Waals surface area contributed by atoms with E-state index in [4.69, 9.17) is 9.26 Å². The summed E-state index contributed by atoms with van der Waals surface area (Å²) in [6, 6.07) is 2.11. The summed E-state index contributed by atoms with van der Waals surface area (Å²) in [6.45, 7) is 3.87. The van der Waals surface area contributed by atoms with Crippen molar-refractivity contribution >= 4 is 5.91 Å². The second-order valence-corrected chi connectivity index (χ2v) is 6.74. The lowest BCUT2D eigenvalue weighted by Crippen LogP contribution is -2.44. The lowest BCUT2D eigenvalue weighted by molar-refractivity contribution is -0.134. The van der Waals surface area contributed by atoms with E-state index in [9.17, 15) is 4.79 Å². The first-order chi connectivity index (χ1) is 11.9. The number of hydrogen-bond donors (Lipinski definition) is 0. The normalized spacial score (nSPS) is 17.5. The molecule has 1 atom stereocenters. The highest BCUT2D eigenvalue weighted by Gasteiger charge is 2.30.